The normalized spacial score (nSPS) is 17.5. The molecular formula is C18H26N4OS2. The maximum absolute atomic E-state index is 5.80. The van der Waals surface area contributed by atoms with E-state index in [-0.39, 0.29) is 0 Å². The molecule has 0 unspecified atom stereocenters. The molecule has 136 valence electrons. The molecule has 0 saturated carbocycles. The summed E-state index contributed by atoms with van der Waals surface area (Å²) in [6.07, 6.45) is 6.73. The Bertz CT molecular complexity index is 668. The van der Waals surface area contributed by atoms with Crippen LogP contribution < -0.4 is 0 Å². The van der Waals surface area contributed by atoms with Crippen LogP contribution >= 0.6 is 23.5 Å². The Labute approximate surface area is 158 Å². The molecule has 3 rings (SSSR count). The fourth-order valence-corrected chi connectivity index (χ4v) is 4.03. The molecule has 5 nitrogen and oxygen atoms in total. The first kappa shape index (κ1) is 18.8. The van der Waals surface area contributed by atoms with Crippen molar-refractivity contribution >= 4 is 23.5 Å². The third-order valence-electron chi connectivity index (χ3n) is 4.41. The van der Waals surface area contributed by atoms with Gasteiger partial charge in [-0.05, 0) is 50.1 Å². The molecule has 1 aromatic carbocycles. The van der Waals surface area contributed by atoms with E-state index in [1.807, 2.05) is 0 Å². The van der Waals surface area contributed by atoms with E-state index in [0.29, 0.717) is 6.10 Å². The van der Waals surface area contributed by atoms with Crippen LogP contribution in [-0.2, 0) is 24.4 Å². The fraction of sp³-hybridized carbons (Fsp3) is 0.556. The van der Waals surface area contributed by atoms with Crippen LogP contribution in [0.15, 0.2) is 34.3 Å². The van der Waals surface area contributed by atoms with Crippen LogP contribution in [0.1, 0.15) is 24.2 Å². The molecule has 2 aromatic rings. The monoisotopic (exact) mass is 378 g/mol. The minimum absolute atomic E-state index is 0.296. The summed E-state index contributed by atoms with van der Waals surface area (Å²) >= 11 is 3.42. The highest BCUT2D eigenvalue weighted by Crippen LogP contribution is 2.21. The minimum Gasteiger partial charge on any atom is -0.376 e. The van der Waals surface area contributed by atoms with E-state index in [1.165, 1.54) is 10.5 Å². The average Bonchev–Trinajstić information content (AvgIpc) is 3.26. The second-order valence-corrected chi connectivity index (χ2v) is 8.02. The highest BCUT2D eigenvalue weighted by Gasteiger charge is 2.21. The molecule has 0 N–H and O–H groups in total. The van der Waals surface area contributed by atoms with Gasteiger partial charge in [-0.15, -0.1) is 22.0 Å². The van der Waals surface area contributed by atoms with Gasteiger partial charge in [0.2, 0.25) is 0 Å². The van der Waals surface area contributed by atoms with E-state index in [1.54, 1.807) is 23.5 Å². The fourth-order valence-electron chi connectivity index (χ4n) is 3.10. The number of nitrogens with zero attached hydrogens (tertiary/aromatic N) is 4. The van der Waals surface area contributed by atoms with Crippen molar-refractivity contribution in [1.29, 1.82) is 0 Å². The first-order valence-electron chi connectivity index (χ1n) is 8.58. The molecule has 1 saturated heterocycles. The van der Waals surface area contributed by atoms with Gasteiger partial charge in [0.05, 0.1) is 19.2 Å². The number of benzene rings is 1. The second kappa shape index (κ2) is 9.07. The van der Waals surface area contributed by atoms with Gasteiger partial charge in [0.25, 0.3) is 0 Å². The Morgan fingerprint density at radius 3 is 2.60 bits per heavy atom. The van der Waals surface area contributed by atoms with Gasteiger partial charge in [-0.3, -0.25) is 4.90 Å². The van der Waals surface area contributed by atoms with Crippen LogP contribution in [0.3, 0.4) is 0 Å². The van der Waals surface area contributed by atoms with Crippen LogP contribution in [0.4, 0.5) is 0 Å². The zero-order valence-corrected chi connectivity index (χ0v) is 16.8. The summed E-state index contributed by atoms with van der Waals surface area (Å²) in [5, 5.41) is 9.76. The molecule has 0 radical (unpaired) electrons. The summed E-state index contributed by atoms with van der Waals surface area (Å²) in [6.45, 7) is 3.41. The van der Waals surface area contributed by atoms with Crippen LogP contribution in [-0.4, -0.2) is 51.9 Å². The predicted octanol–water partition coefficient (Wildman–Crippen LogP) is 3.53. The van der Waals surface area contributed by atoms with Crippen molar-refractivity contribution < 1.29 is 4.74 Å². The molecular weight excluding hydrogens is 352 g/mol. The van der Waals surface area contributed by atoms with Crippen molar-refractivity contribution in [3.05, 3.63) is 35.7 Å². The summed E-state index contributed by atoms with van der Waals surface area (Å²) in [5.74, 6) is 1.02. The van der Waals surface area contributed by atoms with Crippen LogP contribution in [0, 0.1) is 0 Å². The van der Waals surface area contributed by atoms with E-state index in [4.69, 9.17) is 4.74 Å². The molecule has 1 fully saturated rings. The molecule has 0 bridgehead atoms. The highest BCUT2D eigenvalue weighted by molar-refractivity contribution is 7.98. The van der Waals surface area contributed by atoms with Crippen molar-refractivity contribution in [2.24, 2.45) is 0 Å². The minimum atomic E-state index is 0.296. The maximum atomic E-state index is 5.80. The number of rotatable bonds is 8. The van der Waals surface area contributed by atoms with E-state index in [9.17, 15) is 0 Å². The zero-order valence-electron chi connectivity index (χ0n) is 15.1. The Kier molecular flexibility index (Phi) is 6.81. The number of thioether (sulfide) groups is 2. The number of ether oxygens (including phenoxy) is 1. The molecule has 0 aliphatic carbocycles. The lowest BCUT2D eigenvalue weighted by Crippen LogP contribution is -2.23. The average molecular weight is 379 g/mol. The van der Waals surface area contributed by atoms with Crippen molar-refractivity contribution in [3.63, 3.8) is 0 Å². The maximum Gasteiger partial charge on any atom is 0.191 e. The van der Waals surface area contributed by atoms with E-state index < -0.39 is 0 Å². The molecule has 0 spiro atoms. The smallest absolute Gasteiger partial charge is 0.191 e. The first-order valence-corrected chi connectivity index (χ1v) is 11.0. The summed E-state index contributed by atoms with van der Waals surface area (Å²) in [7, 11) is 2.13. The largest absolute Gasteiger partial charge is 0.376 e. The summed E-state index contributed by atoms with van der Waals surface area (Å²) in [5.41, 5.74) is 1.32. The third-order valence-corrected chi connectivity index (χ3v) is 5.82. The Balaban J connectivity index is 1.65. The van der Waals surface area contributed by atoms with Gasteiger partial charge in [-0.2, -0.15) is 0 Å². The van der Waals surface area contributed by atoms with Gasteiger partial charge in [0, 0.05) is 18.0 Å². The van der Waals surface area contributed by atoms with Gasteiger partial charge >= 0.3 is 0 Å². The molecule has 7 heteroatoms. The van der Waals surface area contributed by atoms with Crippen molar-refractivity contribution in [2.75, 3.05) is 26.2 Å². The topological polar surface area (TPSA) is 43.2 Å². The quantitative estimate of drug-likeness (QED) is 0.655. The lowest BCUT2D eigenvalue weighted by molar-refractivity contribution is 0.0934. The van der Waals surface area contributed by atoms with Gasteiger partial charge < -0.3 is 9.30 Å². The molecule has 25 heavy (non-hydrogen) atoms. The first-order chi connectivity index (χ1) is 12.2. The van der Waals surface area contributed by atoms with Gasteiger partial charge in [0.1, 0.15) is 5.82 Å². The lowest BCUT2D eigenvalue weighted by atomic mass is 10.2. The zero-order chi connectivity index (χ0) is 17.6. The highest BCUT2D eigenvalue weighted by atomic mass is 32.2. The second-order valence-electron chi connectivity index (χ2n) is 6.37. The Morgan fingerprint density at radius 2 is 1.96 bits per heavy atom. The molecule has 1 aromatic heterocycles. The molecule has 0 amide bonds. The summed E-state index contributed by atoms with van der Waals surface area (Å²) < 4.78 is 8.03. The van der Waals surface area contributed by atoms with Crippen LogP contribution in [0.25, 0.3) is 0 Å². The van der Waals surface area contributed by atoms with Crippen LogP contribution in [0.2, 0.25) is 0 Å². The summed E-state index contributed by atoms with van der Waals surface area (Å²) in [4.78, 5) is 3.58. The van der Waals surface area contributed by atoms with E-state index in [2.05, 4.69) is 63.5 Å². The SMILES string of the molecule is CSc1ccc(CN(C)Cc2nnc(SC)n2C[C@@H]2CCCO2)cc1. The molecule has 1 aliphatic rings. The van der Waals surface area contributed by atoms with Crippen molar-refractivity contribution in [1.82, 2.24) is 19.7 Å². The van der Waals surface area contributed by atoms with Gasteiger partial charge in [-0.25, -0.2) is 0 Å². The standard InChI is InChI=1S/C18H26N4OS2/c1-21(11-14-6-8-16(24-2)9-7-14)13-17-19-20-18(25-3)22(17)12-15-5-4-10-23-15/h6-9,15H,4-5,10-13H2,1-3H3/t15-/m0/s1. The van der Waals surface area contributed by atoms with E-state index >= 15 is 0 Å². The molecule has 1 aliphatic heterocycles. The molecule has 2 heterocycles. The number of hydrogen-bond acceptors (Lipinski definition) is 6. The van der Waals surface area contributed by atoms with E-state index in [0.717, 1.165) is 50.1 Å². The van der Waals surface area contributed by atoms with Gasteiger partial charge in [0.15, 0.2) is 5.16 Å². The Hall–Kier alpha value is -1.02. The van der Waals surface area contributed by atoms with Crippen LogP contribution in [0.5, 0.6) is 0 Å². The van der Waals surface area contributed by atoms with Crippen molar-refractivity contribution in [2.45, 2.75) is 48.6 Å². The Morgan fingerprint density at radius 1 is 1.16 bits per heavy atom. The molecule has 1 atom stereocenters. The number of hydrogen-bond donors (Lipinski definition) is 0. The lowest BCUT2D eigenvalue weighted by Gasteiger charge is -2.19. The van der Waals surface area contributed by atoms with Crippen molar-refractivity contribution in [3.8, 4) is 0 Å². The third kappa shape index (κ3) is 5.00. The predicted molar refractivity (Wildman–Crippen MR) is 104 cm³/mol. The van der Waals surface area contributed by atoms with Gasteiger partial charge in [-0.1, -0.05) is 23.9 Å². The summed E-state index contributed by atoms with van der Waals surface area (Å²) in [6, 6.07) is 8.76. The number of aromatic nitrogens is 3.